The monoisotopic (exact) mass is 274 g/mol. The Labute approximate surface area is 116 Å². The van der Waals surface area contributed by atoms with Gasteiger partial charge in [-0.05, 0) is 23.8 Å². The number of hydrogen-bond donors (Lipinski definition) is 3. The minimum Gasteiger partial charge on any atom is -0.398 e. The lowest BCUT2D eigenvalue weighted by Gasteiger charge is -2.17. The third kappa shape index (κ3) is 3.13. The quantitative estimate of drug-likeness (QED) is 0.745. The van der Waals surface area contributed by atoms with Crippen LogP contribution in [0.4, 0.5) is 10.1 Å². The first-order valence-electron chi connectivity index (χ1n) is 6.13. The van der Waals surface area contributed by atoms with Gasteiger partial charge in [0.2, 0.25) is 0 Å². The summed E-state index contributed by atoms with van der Waals surface area (Å²) in [6.07, 6.45) is 0. The number of amides is 1. The fourth-order valence-electron chi connectivity index (χ4n) is 1.88. The van der Waals surface area contributed by atoms with Crippen molar-refractivity contribution in [3.63, 3.8) is 0 Å². The van der Waals surface area contributed by atoms with Crippen molar-refractivity contribution in [3.05, 3.63) is 65.5 Å². The second kappa shape index (κ2) is 6.16. The number of aliphatic hydroxyl groups is 1. The molecule has 2 aromatic carbocycles. The number of nitrogens with two attached hydrogens (primary N) is 1. The van der Waals surface area contributed by atoms with E-state index in [1.165, 1.54) is 12.1 Å². The van der Waals surface area contributed by atoms with Crippen LogP contribution in [0.2, 0.25) is 0 Å². The molecule has 0 aliphatic rings. The van der Waals surface area contributed by atoms with E-state index in [-0.39, 0.29) is 17.9 Å². The van der Waals surface area contributed by atoms with Crippen molar-refractivity contribution >= 4 is 11.6 Å². The number of benzene rings is 2. The Bertz CT molecular complexity index is 602. The number of hydrogen-bond acceptors (Lipinski definition) is 3. The molecule has 1 amide bonds. The molecule has 0 aromatic heterocycles. The summed E-state index contributed by atoms with van der Waals surface area (Å²) in [6, 6.07) is 12.1. The van der Waals surface area contributed by atoms with Gasteiger partial charge in [0.15, 0.2) is 0 Å². The molecule has 0 fully saturated rings. The lowest BCUT2D eigenvalue weighted by atomic mass is 10.1. The third-order valence-electron chi connectivity index (χ3n) is 2.95. The molecule has 0 radical (unpaired) electrons. The Hall–Kier alpha value is -2.40. The lowest BCUT2D eigenvalue weighted by Crippen LogP contribution is -2.31. The summed E-state index contributed by atoms with van der Waals surface area (Å²) in [6.45, 7) is -0.259. The van der Waals surface area contributed by atoms with E-state index in [0.717, 1.165) is 11.6 Å². The van der Waals surface area contributed by atoms with Gasteiger partial charge < -0.3 is 16.2 Å². The van der Waals surface area contributed by atoms with Gasteiger partial charge >= 0.3 is 0 Å². The molecule has 0 heterocycles. The topological polar surface area (TPSA) is 75.4 Å². The van der Waals surface area contributed by atoms with Crippen molar-refractivity contribution in [1.29, 1.82) is 0 Å². The minimum atomic E-state index is -0.564. The van der Waals surface area contributed by atoms with Crippen LogP contribution in [0.25, 0.3) is 0 Å². The zero-order valence-electron chi connectivity index (χ0n) is 10.7. The van der Waals surface area contributed by atoms with Gasteiger partial charge in [-0.25, -0.2) is 4.39 Å². The first-order valence-corrected chi connectivity index (χ1v) is 6.13. The molecule has 104 valence electrons. The maximum atomic E-state index is 13.2. The molecule has 0 saturated heterocycles. The number of halogens is 1. The van der Waals surface area contributed by atoms with Crippen molar-refractivity contribution in [2.24, 2.45) is 0 Å². The summed E-state index contributed by atoms with van der Waals surface area (Å²) >= 11 is 0. The molecule has 2 aromatic rings. The molecule has 0 aliphatic carbocycles. The highest BCUT2D eigenvalue weighted by atomic mass is 19.1. The first-order chi connectivity index (χ1) is 9.61. The van der Waals surface area contributed by atoms with E-state index < -0.39 is 17.8 Å². The van der Waals surface area contributed by atoms with Crippen LogP contribution in [0, 0.1) is 5.82 Å². The molecule has 0 saturated carbocycles. The fourth-order valence-corrected chi connectivity index (χ4v) is 1.88. The first kappa shape index (κ1) is 14.0. The van der Waals surface area contributed by atoms with E-state index >= 15 is 0 Å². The summed E-state index contributed by atoms with van der Waals surface area (Å²) in [7, 11) is 0. The molecule has 0 unspecified atom stereocenters. The Balaban J connectivity index is 2.20. The largest absolute Gasteiger partial charge is 0.398 e. The van der Waals surface area contributed by atoms with Crippen molar-refractivity contribution in [2.75, 3.05) is 12.3 Å². The van der Waals surface area contributed by atoms with Crippen molar-refractivity contribution in [3.8, 4) is 0 Å². The molecule has 2 rings (SSSR count). The van der Waals surface area contributed by atoms with E-state index in [1.807, 2.05) is 6.07 Å². The zero-order chi connectivity index (χ0) is 14.5. The molecule has 4 nitrogen and oxygen atoms in total. The predicted molar refractivity (Wildman–Crippen MR) is 74.5 cm³/mol. The lowest BCUT2D eigenvalue weighted by molar-refractivity contribution is 0.0916. The highest BCUT2D eigenvalue weighted by molar-refractivity contribution is 5.99. The number of carbonyl (C=O) groups excluding carboxylic acids is 1. The highest BCUT2D eigenvalue weighted by Crippen LogP contribution is 2.16. The normalized spacial score (nSPS) is 11.9. The van der Waals surface area contributed by atoms with Crippen molar-refractivity contribution in [2.45, 2.75) is 6.04 Å². The van der Waals surface area contributed by atoms with Crippen molar-refractivity contribution < 1.29 is 14.3 Å². The highest BCUT2D eigenvalue weighted by Gasteiger charge is 2.17. The second-order valence-corrected chi connectivity index (χ2v) is 4.35. The molecular formula is C15H15FN2O2. The number of rotatable bonds is 4. The summed E-state index contributed by atoms with van der Waals surface area (Å²) in [5, 5.41) is 12.0. The maximum absolute atomic E-state index is 13.2. The van der Waals surface area contributed by atoms with Gasteiger partial charge in [0.1, 0.15) is 5.82 Å². The number of nitrogens with one attached hydrogen (secondary N) is 1. The van der Waals surface area contributed by atoms with Crippen LogP contribution in [0.15, 0.2) is 48.5 Å². The number of aliphatic hydroxyl groups excluding tert-OH is 1. The fraction of sp³-hybridized carbons (Fsp3) is 0.133. The van der Waals surface area contributed by atoms with Gasteiger partial charge in [-0.3, -0.25) is 4.79 Å². The molecule has 5 heteroatoms. The van der Waals surface area contributed by atoms with Crippen LogP contribution < -0.4 is 11.1 Å². The predicted octanol–water partition coefficient (Wildman–Crippen LogP) is 1.87. The third-order valence-corrected chi connectivity index (χ3v) is 2.95. The summed E-state index contributed by atoms with van der Waals surface area (Å²) in [5.41, 5.74) is 6.66. The Morgan fingerprint density at radius 1 is 1.25 bits per heavy atom. The molecule has 4 N–H and O–H groups in total. The molecule has 0 aliphatic heterocycles. The van der Waals surface area contributed by atoms with Crippen LogP contribution in [0.5, 0.6) is 0 Å². The van der Waals surface area contributed by atoms with Gasteiger partial charge in [-0.2, -0.15) is 0 Å². The molecule has 0 spiro atoms. The van der Waals surface area contributed by atoms with Gasteiger partial charge in [0.25, 0.3) is 5.91 Å². The van der Waals surface area contributed by atoms with E-state index in [9.17, 15) is 14.3 Å². The van der Waals surface area contributed by atoms with Crippen LogP contribution in [0.1, 0.15) is 22.0 Å². The van der Waals surface area contributed by atoms with Crippen LogP contribution in [0.3, 0.4) is 0 Å². The Morgan fingerprint density at radius 3 is 2.60 bits per heavy atom. The Morgan fingerprint density at radius 2 is 1.95 bits per heavy atom. The molecule has 0 bridgehead atoms. The number of nitrogen functional groups attached to an aromatic ring is 1. The summed E-state index contributed by atoms with van der Waals surface area (Å²) in [4.78, 5) is 12.1. The molecule has 20 heavy (non-hydrogen) atoms. The minimum absolute atomic E-state index is 0.0550. The number of carbonyl (C=O) groups is 1. The van der Waals surface area contributed by atoms with E-state index in [0.29, 0.717) is 0 Å². The van der Waals surface area contributed by atoms with E-state index in [4.69, 9.17) is 5.73 Å². The summed E-state index contributed by atoms with van der Waals surface area (Å²) < 4.78 is 13.2. The standard InChI is InChI=1S/C15H15FN2O2/c16-11-6-7-13(17)12(8-11)15(20)18-14(9-19)10-4-2-1-3-5-10/h1-8,14,19H,9,17H2,(H,18,20)/t14-/m0/s1. The second-order valence-electron chi connectivity index (χ2n) is 4.35. The van der Waals surface area contributed by atoms with Gasteiger partial charge in [-0.1, -0.05) is 30.3 Å². The van der Waals surface area contributed by atoms with Crippen molar-refractivity contribution in [1.82, 2.24) is 5.32 Å². The smallest absolute Gasteiger partial charge is 0.254 e. The molecule has 1 atom stereocenters. The average Bonchev–Trinajstić information content (AvgIpc) is 2.48. The van der Waals surface area contributed by atoms with Crippen LogP contribution in [-0.2, 0) is 0 Å². The van der Waals surface area contributed by atoms with Crippen LogP contribution >= 0.6 is 0 Å². The van der Waals surface area contributed by atoms with Crippen LogP contribution in [-0.4, -0.2) is 17.6 Å². The van der Waals surface area contributed by atoms with E-state index in [2.05, 4.69) is 5.32 Å². The Kier molecular flexibility index (Phi) is 4.32. The SMILES string of the molecule is Nc1ccc(F)cc1C(=O)N[C@@H](CO)c1ccccc1. The van der Waals surface area contributed by atoms with E-state index in [1.54, 1.807) is 24.3 Å². The zero-order valence-corrected chi connectivity index (χ0v) is 10.7. The average molecular weight is 274 g/mol. The van der Waals surface area contributed by atoms with Gasteiger partial charge in [0, 0.05) is 5.69 Å². The van der Waals surface area contributed by atoms with Gasteiger partial charge in [0.05, 0.1) is 18.2 Å². The molecular weight excluding hydrogens is 259 g/mol. The van der Waals surface area contributed by atoms with Gasteiger partial charge in [-0.15, -0.1) is 0 Å². The number of anilines is 1. The summed E-state index contributed by atoms with van der Waals surface area (Å²) in [5.74, 6) is -1.06. The maximum Gasteiger partial charge on any atom is 0.254 e.